The molecule has 2 saturated carbocycles. The van der Waals surface area contributed by atoms with Gasteiger partial charge in [-0.1, -0.05) is 46.0 Å². The van der Waals surface area contributed by atoms with Crippen molar-refractivity contribution in [3.05, 3.63) is 0 Å². The minimum Gasteiger partial charge on any atom is -0.329 e. The molecule has 0 radical (unpaired) electrons. The Morgan fingerprint density at radius 3 is 2.26 bits per heavy atom. The molecule has 0 saturated heterocycles. The Labute approximate surface area is 120 Å². The van der Waals surface area contributed by atoms with Crippen molar-refractivity contribution in [1.82, 2.24) is 4.90 Å². The van der Waals surface area contributed by atoms with Crippen molar-refractivity contribution in [2.75, 3.05) is 13.1 Å². The van der Waals surface area contributed by atoms with Crippen molar-refractivity contribution in [2.45, 2.75) is 83.7 Å². The van der Waals surface area contributed by atoms with Gasteiger partial charge >= 0.3 is 0 Å². The van der Waals surface area contributed by atoms with Crippen molar-refractivity contribution < 1.29 is 0 Å². The molecule has 1 unspecified atom stereocenters. The Morgan fingerprint density at radius 1 is 1.05 bits per heavy atom. The summed E-state index contributed by atoms with van der Waals surface area (Å²) >= 11 is 0. The topological polar surface area (TPSA) is 29.3 Å². The zero-order valence-electron chi connectivity index (χ0n) is 13.1. The number of hydrogen-bond donors (Lipinski definition) is 1. The van der Waals surface area contributed by atoms with Crippen LogP contribution in [0.5, 0.6) is 0 Å². The van der Waals surface area contributed by atoms with E-state index in [9.17, 15) is 0 Å². The lowest BCUT2D eigenvalue weighted by Crippen LogP contribution is -2.44. The highest BCUT2D eigenvalue weighted by Gasteiger charge is 2.34. The molecule has 0 bridgehead atoms. The van der Waals surface area contributed by atoms with Crippen molar-refractivity contribution >= 4 is 0 Å². The lowest BCUT2D eigenvalue weighted by Gasteiger charge is -2.35. The lowest BCUT2D eigenvalue weighted by atomic mass is 9.84. The molecule has 2 aliphatic carbocycles. The molecule has 0 heterocycles. The van der Waals surface area contributed by atoms with Gasteiger partial charge in [-0.15, -0.1) is 0 Å². The summed E-state index contributed by atoms with van der Waals surface area (Å²) < 4.78 is 0. The molecule has 2 N–H and O–H groups in total. The van der Waals surface area contributed by atoms with E-state index in [1.807, 2.05) is 0 Å². The average molecular weight is 266 g/mol. The maximum absolute atomic E-state index is 6.12. The molecule has 0 aromatic heterocycles. The normalized spacial score (nSPS) is 23.2. The molecular weight excluding hydrogens is 232 g/mol. The monoisotopic (exact) mass is 266 g/mol. The third kappa shape index (κ3) is 5.07. The minimum absolute atomic E-state index is 0.661. The molecule has 2 rings (SSSR count). The van der Waals surface area contributed by atoms with Crippen LogP contribution in [0.4, 0.5) is 0 Å². The van der Waals surface area contributed by atoms with Crippen molar-refractivity contribution in [3.63, 3.8) is 0 Å². The van der Waals surface area contributed by atoms with Gasteiger partial charge < -0.3 is 5.73 Å². The molecule has 0 aromatic carbocycles. The van der Waals surface area contributed by atoms with Crippen LogP contribution in [0.2, 0.25) is 0 Å². The van der Waals surface area contributed by atoms with E-state index in [2.05, 4.69) is 18.7 Å². The first-order chi connectivity index (χ1) is 9.20. The fourth-order valence-corrected chi connectivity index (χ4v) is 3.65. The molecule has 2 nitrogen and oxygen atoms in total. The summed E-state index contributed by atoms with van der Waals surface area (Å²) in [6.45, 7) is 6.81. The lowest BCUT2D eigenvalue weighted by molar-refractivity contribution is 0.144. The second-order valence-corrected chi connectivity index (χ2v) is 7.28. The van der Waals surface area contributed by atoms with Gasteiger partial charge in [-0.25, -0.2) is 0 Å². The van der Waals surface area contributed by atoms with Gasteiger partial charge in [0.2, 0.25) is 0 Å². The third-order valence-electron chi connectivity index (χ3n) is 5.05. The van der Waals surface area contributed by atoms with Crippen LogP contribution in [0.25, 0.3) is 0 Å². The summed E-state index contributed by atoms with van der Waals surface area (Å²) in [6.07, 6.45) is 12.8. The molecule has 19 heavy (non-hydrogen) atoms. The van der Waals surface area contributed by atoms with Crippen molar-refractivity contribution in [1.29, 1.82) is 0 Å². The van der Waals surface area contributed by atoms with E-state index in [-0.39, 0.29) is 0 Å². The largest absolute Gasteiger partial charge is 0.329 e. The van der Waals surface area contributed by atoms with Crippen LogP contribution in [-0.4, -0.2) is 30.1 Å². The molecule has 1 atom stereocenters. The summed E-state index contributed by atoms with van der Waals surface area (Å²) in [4.78, 5) is 2.77. The first-order valence-electron chi connectivity index (χ1n) is 8.66. The summed E-state index contributed by atoms with van der Waals surface area (Å²) in [6, 6.07) is 1.53. The predicted molar refractivity (Wildman–Crippen MR) is 83.2 cm³/mol. The number of nitrogens with two attached hydrogens (primary N) is 1. The molecule has 0 amide bonds. The summed E-state index contributed by atoms with van der Waals surface area (Å²) in [7, 11) is 0. The van der Waals surface area contributed by atoms with Crippen molar-refractivity contribution in [2.24, 2.45) is 17.6 Å². The molecule has 0 spiro atoms. The highest BCUT2D eigenvalue weighted by molar-refractivity contribution is 4.90. The molecule has 0 aromatic rings. The molecule has 0 aliphatic heterocycles. The summed E-state index contributed by atoms with van der Waals surface area (Å²) in [5, 5.41) is 0. The fraction of sp³-hybridized carbons (Fsp3) is 1.00. The second kappa shape index (κ2) is 7.64. The first-order valence-corrected chi connectivity index (χ1v) is 8.66. The van der Waals surface area contributed by atoms with Gasteiger partial charge in [0.05, 0.1) is 0 Å². The minimum atomic E-state index is 0.661. The van der Waals surface area contributed by atoms with Crippen LogP contribution in [0.1, 0.15) is 71.6 Å². The molecule has 2 heteroatoms. The molecule has 2 aliphatic rings. The van der Waals surface area contributed by atoms with Gasteiger partial charge in [0.25, 0.3) is 0 Å². The highest BCUT2D eigenvalue weighted by atomic mass is 15.2. The molecular formula is C17H34N2. The van der Waals surface area contributed by atoms with Crippen LogP contribution < -0.4 is 5.73 Å². The van der Waals surface area contributed by atoms with E-state index in [4.69, 9.17) is 5.73 Å². The first kappa shape index (κ1) is 15.3. The van der Waals surface area contributed by atoms with E-state index in [0.717, 1.165) is 24.4 Å². The number of hydrogen-bond acceptors (Lipinski definition) is 2. The maximum atomic E-state index is 6.12. The molecule has 2 fully saturated rings. The van der Waals surface area contributed by atoms with Gasteiger partial charge in [-0.3, -0.25) is 4.90 Å². The van der Waals surface area contributed by atoms with Crippen LogP contribution >= 0.6 is 0 Å². The smallest absolute Gasteiger partial charge is 0.0223 e. The predicted octanol–water partition coefficient (Wildman–Crippen LogP) is 3.79. The second-order valence-electron chi connectivity index (χ2n) is 7.28. The Bertz CT molecular complexity index is 242. The average Bonchev–Trinajstić information content (AvgIpc) is 3.23. The van der Waals surface area contributed by atoms with E-state index in [0.29, 0.717) is 6.04 Å². The fourth-order valence-electron chi connectivity index (χ4n) is 3.65. The van der Waals surface area contributed by atoms with Gasteiger partial charge in [0.15, 0.2) is 0 Å². The summed E-state index contributed by atoms with van der Waals surface area (Å²) in [5.41, 5.74) is 6.12. The molecule has 112 valence electrons. The zero-order valence-corrected chi connectivity index (χ0v) is 13.1. The standard InChI is InChI=1S/C17H34N2/c1-14(2)10-11-19(16-8-9-16)17(13-18)12-15-6-4-3-5-7-15/h14-17H,3-13,18H2,1-2H3. The van der Waals surface area contributed by atoms with E-state index < -0.39 is 0 Å². The SMILES string of the molecule is CC(C)CCN(C1CC1)C(CN)CC1CCCCC1. The van der Waals surface area contributed by atoms with E-state index in [1.165, 1.54) is 64.3 Å². The van der Waals surface area contributed by atoms with Crippen LogP contribution in [0.15, 0.2) is 0 Å². The Kier molecular flexibility index (Phi) is 6.15. The van der Waals surface area contributed by atoms with Crippen LogP contribution in [0, 0.1) is 11.8 Å². The number of nitrogens with zero attached hydrogens (tertiary/aromatic N) is 1. The Morgan fingerprint density at radius 2 is 1.74 bits per heavy atom. The zero-order chi connectivity index (χ0) is 13.7. The van der Waals surface area contributed by atoms with E-state index in [1.54, 1.807) is 0 Å². The Balaban J connectivity index is 1.84. The van der Waals surface area contributed by atoms with E-state index >= 15 is 0 Å². The summed E-state index contributed by atoms with van der Waals surface area (Å²) in [5.74, 6) is 1.77. The van der Waals surface area contributed by atoms with Gasteiger partial charge in [0, 0.05) is 18.6 Å². The van der Waals surface area contributed by atoms with Crippen LogP contribution in [-0.2, 0) is 0 Å². The third-order valence-corrected chi connectivity index (χ3v) is 5.05. The van der Waals surface area contributed by atoms with Crippen molar-refractivity contribution in [3.8, 4) is 0 Å². The van der Waals surface area contributed by atoms with Gasteiger partial charge in [-0.2, -0.15) is 0 Å². The van der Waals surface area contributed by atoms with Crippen LogP contribution in [0.3, 0.4) is 0 Å². The highest BCUT2D eigenvalue weighted by Crippen LogP contribution is 2.33. The Hall–Kier alpha value is -0.0800. The number of rotatable bonds is 8. The van der Waals surface area contributed by atoms with Gasteiger partial charge in [-0.05, 0) is 44.1 Å². The van der Waals surface area contributed by atoms with Gasteiger partial charge in [0.1, 0.15) is 0 Å². The maximum Gasteiger partial charge on any atom is 0.0223 e. The quantitative estimate of drug-likeness (QED) is 0.724.